The molecule has 0 bridgehead atoms. The fourth-order valence-corrected chi connectivity index (χ4v) is 1.68. The predicted octanol–water partition coefficient (Wildman–Crippen LogP) is 2.59. The minimum absolute atomic E-state index is 0.341. The zero-order chi connectivity index (χ0) is 12.3. The maximum atomic E-state index is 5.74. The first-order valence-corrected chi connectivity index (χ1v) is 5.84. The summed E-state index contributed by atoms with van der Waals surface area (Å²) in [6.07, 6.45) is 0. The van der Waals surface area contributed by atoms with E-state index in [-0.39, 0.29) is 0 Å². The van der Waals surface area contributed by atoms with Crippen LogP contribution in [0, 0.1) is 0 Å². The van der Waals surface area contributed by atoms with Crippen LogP contribution in [0.4, 0.5) is 11.5 Å². The molecule has 0 aliphatic rings. The summed E-state index contributed by atoms with van der Waals surface area (Å²) in [7, 11) is 0. The Balaban J connectivity index is 2.14. The number of halogens is 1. The molecule has 0 atom stereocenters. The van der Waals surface area contributed by atoms with Gasteiger partial charge in [0.05, 0.1) is 5.69 Å². The number of aromatic nitrogens is 1. The highest BCUT2D eigenvalue weighted by molar-refractivity contribution is 9.10. The second-order valence-electron chi connectivity index (χ2n) is 3.53. The summed E-state index contributed by atoms with van der Waals surface area (Å²) in [5, 5.41) is 0. The summed E-state index contributed by atoms with van der Waals surface area (Å²) < 4.78 is 6.19. The SMILES string of the molecule is Nc1cc(N)c(Br)c(OCc2ccccc2)n1. The van der Waals surface area contributed by atoms with Gasteiger partial charge in [0, 0.05) is 6.07 Å². The van der Waals surface area contributed by atoms with Gasteiger partial charge in [-0.05, 0) is 21.5 Å². The van der Waals surface area contributed by atoms with Crippen LogP contribution in [0.2, 0.25) is 0 Å². The molecule has 1 heterocycles. The lowest BCUT2D eigenvalue weighted by atomic mass is 10.2. The fourth-order valence-electron chi connectivity index (χ4n) is 1.37. The third-order valence-corrected chi connectivity index (χ3v) is 2.99. The van der Waals surface area contributed by atoms with Gasteiger partial charge in [0.1, 0.15) is 16.9 Å². The van der Waals surface area contributed by atoms with Gasteiger partial charge in [0.15, 0.2) is 0 Å². The van der Waals surface area contributed by atoms with Gasteiger partial charge in [-0.3, -0.25) is 0 Å². The topological polar surface area (TPSA) is 74.2 Å². The van der Waals surface area contributed by atoms with E-state index in [0.717, 1.165) is 5.56 Å². The van der Waals surface area contributed by atoms with Crippen LogP contribution in [0.3, 0.4) is 0 Å². The van der Waals surface area contributed by atoms with Gasteiger partial charge >= 0.3 is 0 Å². The standard InChI is InChI=1S/C12H12BrN3O/c13-11-9(14)6-10(15)16-12(11)17-7-8-4-2-1-3-5-8/h1-6H,7H2,(H4,14,15,16). The smallest absolute Gasteiger partial charge is 0.232 e. The lowest BCUT2D eigenvalue weighted by Crippen LogP contribution is -2.02. The number of nitrogen functional groups attached to an aromatic ring is 2. The van der Waals surface area contributed by atoms with Gasteiger partial charge in [-0.15, -0.1) is 0 Å². The largest absolute Gasteiger partial charge is 0.472 e. The van der Waals surface area contributed by atoms with Crippen molar-refractivity contribution in [2.45, 2.75) is 6.61 Å². The van der Waals surface area contributed by atoms with Gasteiger partial charge in [-0.25, -0.2) is 0 Å². The van der Waals surface area contributed by atoms with Gasteiger partial charge in [-0.1, -0.05) is 30.3 Å². The molecule has 0 unspecified atom stereocenters. The number of anilines is 2. The predicted molar refractivity (Wildman–Crippen MR) is 71.5 cm³/mol. The third kappa shape index (κ3) is 2.88. The van der Waals surface area contributed by atoms with E-state index in [4.69, 9.17) is 16.2 Å². The van der Waals surface area contributed by atoms with Crippen molar-refractivity contribution in [3.8, 4) is 5.88 Å². The Labute approximate surface area is 108 Å². The lowest BCUT2D eigenvalue weighted by Gasteiger charge is -2.09. The van der Waals surface area contributed by atoms with E-state index >= 15 is 0 Å². The highest BCUT2D eigenvalue weighted by Crippen LogP contribution is 2.30. The number of hydrogen-bond acceptors (Lipinski definition) is 4. The van der Waals surface area contributed by atoms with Crippen LogP contribution in [0.1, 0.15) is 5.56 Å². The highest BCUT2D eigenvalue weighted by atomic mass is 79.9. The van der Waals surface area contributed by atoms with Crippen molar-refractivity contribution in [3.05, 3.63) is 46.4 Å². The maximum absolute atomic E-state index is 5.74. The Morgan fingerprint density at radius 2 is 1.88 bits per heavy atom. The van der Waals surface area contributed by atoms with Crippen molar-refractivity contribution in [1.82, 2.24) is 4.98 Å². The zero-order valence-corrected chi connectivity index (χ0v) is 10.6. The normalized spacial score (nSPS) is 10.2. The molecular weight excluding hydrogens is 282 g/mol. The van der Waals surface area contributed by atoms with E-state index in [1.54, 1.807) is 6.07 Å². The van der Waals surface area contributed by atoms with Crippen LogP contribution in [0.25, 0.3) is 0 Å². The number of benzene rings is 1. The van der Waals surface area contributed by atoms with Crippen molar-refractivity contribution in [2.24, 2.45) is 0 Å². The molecule has 0 saturated heterocycles. The van der Waals surface area contributed by atoms with Gasteiger partial charge in [0.25, 0.3) is 0 Å². The number of pyridine rings is 1. The minimum atomic E-state index is 0.341. The molecule has 2 rings (SSSR count). The summed E-state index contributed by atoms with van der Waals surface area (Å²) in [6, 6.07) is 11.4. The Morgan fingerprint density at radius 3 is 2.59 bits per heavy atom. The summed E-state index contributed by atoms with van der Waals surface area (Å²) in [5.74, 6) is 0.750. The molecule has 0 spiro atoms. The van der Waals surface area contributed by atoms with Gasteiger partial charge in [-0.2, -0.15) is 4.98 Å². The molecule has 1 aromatic heterocycles. The maximum Gasteiger partial charge on any atom is 0.232 e. The van der Waals surface area contributed by atoms with Crippen LogP contribution in [-0.4, -0.2) is 4.98 Å². The number of rotatable bonds is 3. The van der Waals surface area contributed by atoms with Gasteiger partial charge in [0.2, 0.25) is 5.88 Å². The molecule has 5 heteroatoms. The van der Waals surface area contributed by atoms with Crippen LogP contribution < -0.4 is 16.2 Å². The molecule has 1 aromatic carbocycles. The van der Waals surface area contributed by atoms with E-state index in [0.29, 0.717) is 28.5 Å². The minimum Gasteiger partial charge on any atom is -0.472 e. The second-order valence-corrected chi connectivity index (χ2v) is 4.32. The molecule has 0 aliphatic carbocycles. The molecule has 17 heavy (non-hydrogen) atoms. The quantitative estimate of drug-likeness (QED) is 0.912. The molecule has 4 N–H and O–H groups in total. The molecule has 0 radical (unpaired) electrons. The fraction of sp³-hybridized carbons (Fsp3) is 0.0833. The molecule has 0 amide bonds. The first-order valence-electron chi connectivity index (χ1n) is 5.05. The van der Waals surface area contributed by atoms with Crippen LogP contribution in [0.5, 0.6) is 5.88 Å². The molecular formula is C12H12BrN3O. The third-order valence-electron chi connectivity index (χ3n) is 2.19. The summed E-state index contributed by atoms with van der Waals surface area (Å²) in [6.45, 7) is 0.426. The van der Waals surface area contributed by atoms with Crippen LogP contribution in [0.15, 0.2) is 40.9 Å². The molecule has 0 fully saturated rings. The van der Waals surface area contributed by atoms with E-state index in [1.807, 2.05) is 30.3 Å². The first kappa shape index (κ1) is 11.7. The molecule has 88 valence electrons. The van der Waals surface area contributed by atoms with Crippen molar-refractivity contribution in [2.75, 3.05) is 11.5 Å². The Bertz CT molecular complexity index is 517. The average molecular weight is 294 g/mol. The number of nitrogens with two attached hydrogens (primary N) is 2. The van der Waals surface area contributed by atoms with E-state index in [9.17, 15) is 0 Å². The number of ether oxygens (including phenoxy) is 1. The van der Waals surface area contributed by atoms with Crippen molar-refractivity contribution >= 4 is 27.4 Å². The monoisotopic (exact) mass is 293 g/mol. The highest BCUT2D eigenvalue weighted by Gasteiger charge is 2.08. The number of hydrogen-bond donors (Lipinski definition) is 2. The zero-order valence-electron chi connectivity index (χ0n) is 9.06. The van der Waals surface area contributed by atoms with E-state index in [2.05, 4.69) is 20.9 Å². The molecule has 0 saturated carbocycles. The van der Waals surface area contributed by atoms with Crippen LogP contribution >= 0.6 is 15.9 Å². The number of nitrogens with zero attached hydrogens (tertiary/aromatic N) is 1. The second kappa shape index (κ2) is 5.05. The lowest BCUT2D eigenvalue weighted by molar-refractivity contribution is 0.292. The van der Waals surface area contributed by atoms with E-state index < -0.39 is 0 Å². The molecule has 4 nitrogen and oxygen atoms in total. The molecule has 2 aromatic rings. The summed E-state index contributed by atoms with van der Waals surface area (Å²) in [4.78, 5) is 4.08. The Kier molecular flexibility index (Phi) is 3.49. The van der Waals surface area contributed by atoms with Gasteiger partial charge < -0.3 is 16.2 Å². The molecule has 0 aliphatic heterocycles. The summed E-state index contributed by atoms with van der Waals surface area (Å²) in [5.41, 5.74) is 12.9. The Morgan fingerprint density at radius 1 is 1.18 bits per heavy atom. The Hall–Kier alpha value is -1.75. The van der Waals surface area contributed by atoms with Crippen molar-refractivity contribution < 1.29 is 4.74 Å². The van der Waals surface area contributed by atoms with Crippen LogP contribution in [-0.2, 0) is 6.61 Å². The van der Waals surface area contributed by atoms with Crippen molar-refractivity contribution in [3.63, 3.8) is 0 Å². The average Bonchev–Trinajstić information content (AvgIpc) is 2.33. The summed E-state index contributed by atoms with van der Waals surface area (Å²) >= 11 is 3.32. The van der Waals surface area contributed by atoms with E-state index in [1.165, 1.54) is 0 Å². The van der Waals surface area contributed by atoms with Crippen molar-refractivity contribution in [1.29, 1.82) is 0 Å². The first-order chi connectivity index (χ1) is 8.16.